The van der Waals surface area contributed by atoms with Gasteiger partial charge in [0, 0.05) is 19.8 Å². The molecule has 0 aliphatic rings. The predicted octanol–water partition coefficient (Wildman–Crippen LogP) is 3.15. The molecule has 2 aromatic rings. The van der Waals surface area contributed by atoms with Crippen molar-refractivity contribution in [3.05, 3.63) is 58.1 Å². The van der Waals surface area contributed by atoms with Crippen molar-refractivity contribution in [2.45, 2.75) is 0 Å². The van der Waals surface area contributed by atoms with E-state index < -0.39 is 11.8 Å². The Balaban J connectivity index is 1.92. The van der Waals surface area contributed by atoms with Crippen LogP contribution >= 0.6 is 23.2 Å². The van der Waals surface area contributed by atoms with Crippen molar-refractivity contribution in [1.82, 2.24) is 5.43 Å². The average Bonchev–Trinajstić information content (AvgIpc) is 2.59. The van der Waals surface area contributed by atoms with Crippen molar-refractivity contribution in [2.75, 3.05) is 24.3 Å². The van der Waals surface area contributed by atoms with E-state index in [0.717, 1.165) is 11.3 Å². The average molecular weight is 379 g/mol. The first-order valence-corrected chi connectivity index (χ1v) is 8.00. The number of hydrogen-bond donors (Lipinski definition) is 2. The molecule has 0 radical (unpaired) electrons. The lowest BCUT2D eigenvalue weighted by Crippen LogP contribution is -2.32. The first kappa shape index (κ1) is 18.8. The number of benzene rings is 2. The number of halogens is 2. The molecule has 0 saturated heterocycles. The van der Waals surface area contributed by atoms with E-state index >= 15 is 0 Å². The van der Waals surface area contributed by atoms with E-state index in [9.17, 15) is 9.59 Å². The lowest BCUT2D eigenvalue weighted by Gasteiger charge is -2.11. The van der Waals surface area contributed by atoms with Crippen molar-refractivity contribution in [2.24, 2.45) is 5.10 Å². The molecule has 0 atom stereocenters. The molecule has 0 spiro atoms. The number of carbonyl (C=O) groups is 2. The van der Waals surface area contributed by atoms with Gasteiger partial charge in [-0.1, -0.05) is 41.4 Å². The van der Waals surface area contributed by atoms with Crippen molar-refractivity contribution in [3.8, 4) is 0 Å². The van der Waals surface area contributed by atoms with Crippen molar-refractivity contribution in [3.63, 3.8) is 0 Å². The fourth-order valence-electron chi connectivity index (χ4n) is 1.85. The second kappa shape index (κ2) is 8.50. The van der Waals surface area contributed by atoms with Gasteiger partial charge >= 0.3 is 11.8 Å². The zero-order chi connectivity index (χ0) is 18.4. The van der Waals surface area contributed by atoms with Gasteiger partial charge in [-0.15, -0.1) is 0 Å². The van der Waals surface area contributed by atoms with Crippen molar-refractivity contribution in [1.29, 1.82) is 0 Å². The fourth-order valence-corrected chi connectivity index (χ4v) is 2.20. The van der Waals surface area contributed by atoms with Gasteiger partial charge in [-0.25, -0.2) is 5.43 Å². The smallest absolute Gasteiger partial charge is 0.329 e. The lowest BCUT2D eigenvalue weighted by atomic mass is 10.2. The SMILES string of the molecule is CN(C)c1ccc(/C=N\NC(=O)C(=O)Nc2cccc(Cl)c2Cl)cc1. The fraction of sp³-hybridized carbons (Fsp3) is 0.118. The van der Waals surface area contributed by atoms with Crippen LogP contribution in [0.1, 0.15) is 5.56 Å². The molecule has 2 aromatic carbocycles. The molecular formula is C17H16Cl2N4O2. The molecule has 0 unspecified atom stereocenters. The van der Waals surface area contributed by atoms with Gasteiger partial charge in [0.25, 0.3) is 0 Å². The number of rotatable bonds is 4. The first-order valence-electron chi connectivity index (χ1n) is 7.24. The normalized spacial score (nSPS) is 10.6. The van der Waals surface area contributed by atoms with E-state index in [1.165, 1.54) is 12.3 Å². The highest BCUT2D eigenvalue weighted by Crippen LogP contribution is 2.29. The van der Waals surface area contributed by atoms with Crippen LogP contribution in [0.5, 0.6) is 0 Å². The van der Waals surface area contributed by atoms with E-state index in [-0.39, 0.29) is 15.7 Å². The minimum atomic E-state index is -0.919. The van der Waals surface area contributed by atoms with E-state index in [1.54, 1.807) is 12.1 Å². The standard InChI is InChI=1S/C17H16Cl2N4O2/c1-23(2)12-8-6-11(7-9-12)10-20-22-17(25)16(24)21-14-5-3-4-13(18)15(14)19/h3-10H,1-2H3,(H,21,24)(H,22,25)/b20-10-. The van der Waals surface area contributed by atoms with Crippen LogP contribution < -0.4 is 15.6 Å². The summed E-state index contributed by atoms with van der Waals surface area (Å²) in [7, 11) is 3.88. The third-order valence-corrected chi connectivity index (χ3v) is 4.01. The third-order valence-electron chi connectivity index (χ3n) is 3.20. The number of amides is 2. The van der Waals surface area contributed by atoms with Crippen LogP contribution in [-0.2, 0) is 9.59 Å². The van der Waals surface area contributed by atoms with Crippen LogP contribution in [0.4, 0.5) is 11.4 Å². The minimum Gasteiger partial charge on any atom is -0.378 e. The summed E-state index contributed by atoms with van der Waals surface area (Å²) >= 11 is 11.8. The Morgan fingerprint density at radius 3 is 2.36 bits per heavy atom. The molecule has 0 bridgehead atoms. The van der Waals surface area contributed by atoms with E-state index in [2.05, 4.69) is 15.8 Å². The molecule has 0 heterocycles. The van der Waals surface area contributed by atoms with Crippen LogP contribution in [0.2, 0.25) is 10.0 Å². The molecule has 0 aliphatic carbocycles. The van der Waals surface area contributed by atoms with Gasteiger partial charge in [0.15, 0.2) is 0 Å². The summed E-state index contributed by atoms with van der Waals surface area (Å²) in [5.74, 6) is -1.82. The molecular weight excluding hydrogens is 363 g/mol. The second-order valence-corrected chi connectivity index (χ2v) is 6.03. The monoisotopic (exact) mass is 378 g/mol. The molecule has 2 amide bonds. The van der Waals surface area contributed by atoms with Crippen molar-refractivity contribution >= 4 is 52.6 Å². The Morgan fingerprint density at radius 2 is 1.72 bits per heavy atom. The van der Waals surface area contributed by atoms with Crippen LogP contribution in [0.3, 0.4) is 0 Å². The van der Waals surface area contributed by atoms with E-state index in [4.69, 9.17) is 23.2 Å². The zero-order valence-corrected chi connectivity index (χ0v) is 15.1. The molecule has 0 fully saturated rings. The summed E-state index contributed by atoms with van der Waals surface area (Å²) in [6.45, 7) is 0. The predicted molar refractivity (Wildman–Crippen MR) is 102 cm³/mol. The van der Waals surface area contributed by atoms with Crippen LogP contribution in [0, 0.1) is 0 Å². The number of hydrazone groups is 1. The highest BCUT2D eigenvalue weighted by atomic mass is 35.5. The molecule has 6 nitrogen and oxygen atoms in total. The molecule has 8 heteroatoms. The molecule has 0 aliphatic heterocycles. The number of nitrogens with one attached hydrogen (secondary N) is 2. The van der Waals surface area contributed by atoms with Crippen LogP contribution in [0.25, 0.3) is 0 Å². The zero-order valence-electron chi connectivity index (χ0n) is 13.6. The minimum absolute atomic E-state index is 0.162. The topological polar surface area (TPSA) is 73.8 Å². The Morgan fingerprint density at radius 1 is 1.04 bits per heavy atom. The van der Waals surface area contributed by atoms with Gasteiger partial charge in [0.2, 0.25) is 0 Å². The molecule has 25 heavy (non-hydrogen) atoms. The summed E-state index contributed by atoms with van der Waals surface area (Å²) in [5, 5.41) is 6.57. The summed E-state index contributed by atoms with van der Waals surface area (Å²) < 4.78 is 0. The van der Waals surface area contributed by atoms with Gasteiger partial charge < -0.3 is 10.2 Å². The number of nitrogens with zero attached hydrogens (tertiary/aromatic N) is 2. The number of anilines is 2. The molecule has 2 N–H and O–H groups in total. The molecule has 0 saturated carbocycles. The van der Waals surface area contributed by atoms with Gasteiger partial charge in [-0.3, -0.25) is 9.59 Å². The highest BCUT2D eigenvalue weighted by Gasteiger charge is 2.15. The summed E-state index contributed by atoms with van der Waals surface area (Å²) in [4.78, 5) is 25.6. The van der Waals surface area contributed by atoms with Crippen LogP contribution in [0.15, 0.2) is 47.6 Å². The molecule has 2 rings (SSSR count). The Hall–Kier alpha value is -2.57. The maximum atomic E-state index is 11.8. The quantitative estimate of drug-likeness (QED) is 0.487. The van der Waals surface area contributed by atoms with Crippen molar-refractivity contribution < 1.29 is 9.59 Å². The van der Waals surface area contributed by atoms with Gasteiger partial charge in [-0.05, 0) is 29.8 Å². The Kier molecular flexibility index (Phi) is 6.38. The number of hydrogen-bond acceptors (Lipinski definition) is 4. The maximum absolute atomic E-state index is 11.8. The maximum Gasteiger partial charge on any atom is 0.329 e. The Bertz CT molecular complexity index is 805. The van der Waals surface area contributed by atoms with Gasteiger partial charge in [0.05, 0.1) is 21.9 Å². The summed E-state index contributed by atoms with van der Waals surface area (Å²) in [6.07, 6.45) is 1.44. The van der Waals surface area contributed by atoms with Crippen LogP contribution in [-0.4, -0.2) is 32.1 Å². The highest BCUT2D eigenvalue weighted by molar-refractivity contribution is 6.45. The van der Waals surface area contributed by atoms with Gasteiger partial charge in [-0.2, -0.15) is 5.10 Å². The molecule has 130 valence electrons. The summed E-state index contributed by atoms with van der Waals surface area (Å²) in [5.41, 5.74) is 4.22. The lowest BCUT2D eigenvalue weighted by molar-refractivity contribution is -0.136. The second-order valence-electron chi connectivity index (χ2n) is 5.24. The largest absolute Gasteiger partial charge is 0.378 e. The third kappa shape index (κ3) is 5.20. The summed E-state index contributed by atoms with van der Waals surface area (Å²) in [6, 6.07) is 12.2. The molecule has 0 aromatic heterocycles. The van der Waals surface area contributed by atoms with Gasteiger partial charge in [0.1, 0.15) is 0 Å². The Labute approximate surface area is 155 Å². The first-order chi connectivity index (χ1) is 11.9. The van der Waals surface area contributed by atoms with E-state index in [1.807, 2.05) is 43.3 Å². The van der Waals surface area contributed by atoms with E-state index in [0.29, 0.717) is 0 Å². The number of carbonyl (C=O) groups excluding carboxylic acids is 2.